The van der Waals surface area contributed by atoms with Crippen LogP contribution in [-0.2, 0) is 0 Å². The van der Waals surface area contributed by atoms with Crippen molar-refractivity contribution in [1.82, 2.24) is 0 Å². The number of rotatable bonds is 4. The first-order valence-electron chi connectivity index (χ1n) is 6.09. The van der Waals surface area contributed by atoms with Gasteiger partial charge in [-0.05, 0) is 72.0 Å². The largest absolute Gasteiger partial charge is 0.494 e. The van der Waals surface area contributed by atoms with Crippen LogP contribution in [0.1, 0.15) is 17.3 Å². The summed E-state index contributed by atoms with van der Waals surface area (Å²) in [5.74, 6) is 0.635. The highest BCUT2D eigenvalue weighted by atomic mass is 127. The summed E-state index contributed by atoms with van der Waals surface area (Å²) in [7, 11) is 0. The van der Waals surface area contributed by atoms with Crippen LogP contribution in [-0.4, -0.2) is 12.5 Å². The van der Waals surface area contributed by atoms with Gasteiger partial charge in [-0.2, -0.15) is 0 Å². The monoisotopic (exact) mass is 445 g/mol. The summed E-state index contributed by atoms with van der Waals surface area (Å²) >= 11 is 5.59. The van der Waals surface area contributed by atoms with Crippen molar-refractivity contribution < 1.29 is 9.53 Å². The van der Waals surface area contributed by atoms with Crippen LogP contribution >= 0.6 is 38.5 Å². The van der Waals surface area contributed by atoms with E-state index in [-0.39, 0.29) is 5.91 Å². The van der Waals surface area contributed by atoms with Crippen molar-refractivity contribution in [2.24, 2.45) is 0 Å². The number of carbonyl (C=O) groups is 1. The normalized spacial score (nSPS) is 10.2. The van der Waals surface area contributed by atoms with Crippen molar-refractivity contribution in [2.45, 2.75) is 6.92 Å². The van der Waals surface area contributed by atoms with E-state index in [9.17, 15) is 4.79 Å². The molecule has 0 radical (unpaired) electrons. The van der Waals surface area contributed by atoms with Gasteiger partial charge in [0.1, 0.15) is 5.75 Å². The number of benzene rings is 2. The molecule has 0 aliphatic carbocycles. The van der Waals surface area contributed by atoms with Gasteiger partial charge in [0.15, 0.2) is 0 Å². The third-order valence-electron chi connectivity index (χ3n) is 2.61. The molecule has 0 heterocycles. The molecule has 5 heteroatoms. The second-order valence-corrected chi connectivity index (χ2v) is 6.11. The minimum absolute atomic E-state index is 0.131. The van der Waals surface area contributed by atoms with Gasteiger partial charge in [0.2, 0.25) is 0 Å². The van der Waals surface area contributed by atoms with Crippen molar-refractivity contribution in [2.75, 3.05) is 11.9 Å². The summed E-state index contributed by atoms with van der Waals surface area (Å²) in [5, 5.41) is 2.90. The molecular weight excluding hydrogens is 433 g/mol. The second-order valence-electron chi connectivity index (χ2n) is 4.04. The van der Waals surface area contributed by atoms with Crippen LogP contribution in [0.25, 0.3) is 0 Å². The lowest BCUT2D eigenvalue weighted by Gasteiger charge is -2.08. The molecule has 1 amide bonds. The van der Waals surface area contributed by atoms with E-state index < -0.39 is 0 Å². The van der Waals surface area contributed by atoms with E-state index in [4.69, 9.17) is 4.74 Å². The lowest BCUT2D eigenvalue weighted by atomic mass is 10.2. The maximum absolute atomic E-state index is 12.2. The van der Waals surface area contributed by atoms with E-state index in [2.05, 4.69) is 43.8 Å². The quantitative estimate of drug-likeness (QED) is 0.692. The molecule has 20 heavy (non-hydrogen) atoms. The molecule has 0 aromatic heterocycles. The molecule has 0 bridgehead atoms. The molecule has 0 saturated carbocycles. The summed E-state index contributed by atoms with van der Waals surface area (Å²) in [6.45, 7) is 2.54. The molecular formula is C15H13BrINO2. The molecule has 2 rings (SSSR count). The summed E-state index contributed by atoms with van der Waals surface area (Å²) in [4.78, 5) is 12.2. The Bertz CT molecular complexity index is 614. The van der Waals surface area contributed by atoms with E-state index in [0.29, 0.717) is 12.2 Å². The first-order valence-corrected chi connectivity index (χ1v) is 7.96. The van der Waals surface area contributed by atoms with Gasteiger partial charge in [0.25, 0.3) is 5.91 Å². The molecule has 0 fully saturated rings. The Morgan fingerprint density at radius 3 is 2.55 bits per heavy atom. The standard InChI is InChI=1S/C15H13BrINO2/c1-2-20-12-6-3-10(4-7-12)15(19)18-14-8-5-11(16)9-13(14)17/h3-9H,2H2,1H3,(H,18,19). The van der Waals surface area contributed by atoms with Crippen LogP contribution in [0.2, 0.25) is 0 Å². The summed E-state index contributed by atoms with van der Waals surface area (Å²) in [6, 6.07) is 12.8. The molecule has 0 spiro atoms. The highest BCUT2D eigenvalue weighted by molar-refractivity contribution is 14.1. The Hall–Kier alpha value is -1.08. The zero-order valence-corrected chi connectivity index (χ0v) is 14.6. The van der Waals surface area contributed by atoms with Gasteiger partial charge in [-0.1, -0.05) is 15.9 Å². The zero-order chi connectivity index (χ0) is 14.5. The first-order chi connectivity index (χ1) is 9.60. The van der Waals surface area contributed by atoms with Gasteiger partial charge in [-0.25, -0.2) is 0 Å². The van der Waals surface area contributed by atoms with Crippen LogP contribution in [0, 0.1) is 3.57 Å². The molecule has 2 aromatic rings. The van der Waals surface area contributed by atoms with E-state index in [1.165, 1.54) is 0 Å². The third kappa shape index (κ3) is 3.96. The highest BCUT2D eigenvalue weighted by Gasteiger charge is 2.08. The van der Waals surface area contributed by atoms with Gasteiger partial charge < -0.3 is 10.1 Å². The van der Waals surface area contributed by atoms with Crippen LogP contribution < -0.4 is 10.1 Å². The number of halogens is 2. The maximum Gasteiger partial charge on any atom is 0.255 e. The Kier molecular flexibility index (Phi) is 5.42. The van der Waals surface area contributed by atoms with Crippen molar-refractivity contribution in [3.05, 3.63) is 56.1 Å². The minimum atomic E-state index is -0.131. The van der Waals surface area contributed by atoms with Gasteiger partial charge >= 0.3 is 0 Å². The van der Waals surface area contributed by atoms with Crippen molar-refractivity contribution in [3.8, 4) is 5.75 Å². The van der Waals surface area contributed by atoms with Crippen LogP contribution in [0.3, 0.4) is 0 Å². The fraction of sp³-hybridized carbons (Fsp3) is 0.133. The lowest BCUT2D eigenvalue weighted by molar-refractivity contribution is 0.102. The first kappa shape index (κ1) is 15.3. The smallest absolute Gasteiger partial charge is 0.255 e. The van der Waals surface area contributed by atoms with Crippen LogP contribution in [0.4, 0.5) is 5.69 Å². The van der Waals surface area contributed by atoms with E-state index >= 15 is 0 Å². The average molecular weight is 446 g/mol. The number of ether oxygens (including phenoxy) is 1. The zero-order valence-electron chi connectivity index (χ0n) is 10.8. The molecule has 3 nitrogen and oxygen atoms in total. The van der Waals surface area contributed by atoms with Gasteiger partial charge in [0, 0.05) is 13.6 Å². The number of amides is 1. The fourth-order valence-corrected chi connectivity index (χ4v) is 3.09. The van der Waals surface area contributed by atoms with E-state index in [1.807, 2.05) is 25.1 Å². The molecule has 0 atom stereocenters. The van der Waals surface area contributed by atoms with Gasteiger partial charge in [0.05, 0.1) is 12.3 Å². The van der Waals surface area contributed by atoms with Crippen molar-refractivity contribution >= 4 is 50.1 Å². The minimum Gasteiger partial charge on any atom is -0.494 e. The Morgan fingerprint density at radius 2 is 1.95 bits per heavy atom. The molecule has 104 valence electrons. The third-order valence-corrected chi connectivity index (χ3v) is 3.99. The molecule has 2 aromatic carbocycles. The number of carbonyl (C=O) groups excluding carboxylic acids is 1. The number of anilines is 1. The van der Waals surface area contributed by atoms with Crippen LogP contribution in [0.5, 0.6) is 5.75 Å². The Labute approximate surface area is 140 Å². The number of nitrogens with one attached hydrogen (secondary N) is 1. The molecule has 0 aliphatic heterocycles. The number of hydrogen-bond donors (Lipinski definition) is 1. The predicted molar refractivity (Wildman–Crippen MR) is 92.4 cm³/mol. The van der Waals surface area contributed by atoms with Crippen molar-refractivity contribution in [3.63, 3.8) is 0 Å². The molecule has 1 N–H and O–H groups in total. The number of hydrogen-bond acceptors (Lipinski definition) is 2. The summed E-state index contributed by atoms with van der Waals surface area (Å²) in [5.41, 5.74) is 1.40. The fourth-order valence-electron chi connectivity index (χ4n) is 1.65. The summed E-state index contributed by atoms with van der Waals surface area (Å²) in [6.07, 6.45) is 0. The predicted octanol–water partition coefficient (Wildman–Crippen LogP) is 4.70. The highest BCUT2D eigenvalue weighted by Crippen LogP contribution is 2.23. The molecule has 0 saturated heterocycles. The van der Waals surface area contributed by atoms with Crippen molar-refractivity contribution in [1.29, 1.82) is 0 Å². The summed E-state index contributed by atoms with van der Waals surface area (Å²) < 4.78 is 7.32. The van der Waals surface area contributed by atoms with E-state index in [0.717, 1.165) is 19.5 Å². The van der Waals surface area contributed by atoms with Gasteiger partial charge in [-0.15, -0.1) is 0 Å². The van der Waals surface area contributed by atoms with E-state index in [1.54, 1.807) is 24.3 Å². The van der Waals surface area contributed by atoms with Gasteiger partial charge in [-0.3, -0.25) is 4.79 Å². The lowest BCUT2D eigenvalue weighted by Crippen LogP contribution is -2.12. The Balaban J connectivity index is 2.11. The topological polar surface area (TPSA) is 38.3 Å². The molecule has 0 unspecified atom stereocenters. The van der Waals surface area contributed by atoms with Crippen LogP contribution in [0.15, 0.2) is 46.9 Å². The second kappa shape index (κ2) is 7.08. The molecule has 0 aliphatic rings. The SMILES string of the molecule is CCOc1ccc(C(=O)Nc2ccc(Br)cc2I)cc1. The maximum atomic E-state index is 12.2. The Morgan fingerprint density at radius 1 is 1.25 bits per heavy atom. The average Bonchev–Trinajstić information content (AvgIpc) is 2.43.